The van der Waals surface area contributed by atoms with E-state index in [-0.39, 0.29) is 0 Å². The topological polar surface area (TPSA) is 27.1 Å². The minimum absolute atomic E-state index is 0.372. The van der Waals surface area contributed by atoms with Gasteiger partial charge in [0.15, 0.2) is 0 Å². The number of ether oxygens (including phenoxy) is 1. The molecule has 0 amide bonds. The molecule has 1 aliphatic heterocycles. The summed E-state index contributed by atoms with van der Waals surface area (Å²) in [6.45, 7) is 1.79. The van der Waals surface area contributed by atoms with Crippen molar-refractivity contribution in [1.29, 1.82) is 0 Å². The van der Waals surface area contributed by atoms with Gasteiger partial charge >= 0.3 is 0 Å². The van der Waals surface area contributed by atoms with Crippen molar-refractivity contribution < 1.29 is 4.74 Å². The van der Waals surface area contributed by atoms with Gasteiger partial charge in [0.25, 0.3) is 0 Å². The van der Waals surface area contributed by atoms with E-state index in [0.717, 1.165) is 24.0 Å². The van der Waals surface area contributed by atoms with E-state index in [1.165, 1.54) is 6.42 Å². The first kappa shape index (κ1) is 8.26. The second-order valence-corrected chi connectivity index (χ2v) is 3.93. The van der Waals surface area contributed by atoms with Crippen molar-refractivity contribution in [2.45, 2.75) is 25.5 Å². The van der Waals surface area contributed by atoms with Crippen molar-refractivity contribution in [2.24, 2.45) is 0 Å². The molecule has 1 aromatic rings. The van der Waals surface area contributed by atoms with Crippen LogP contribution in [0.3, 0.4) is 0 Å². The molecule has 4 heteroatoms. The summed E-state index contributed by atoms with van der Waals surface area (Å²) < 4.78 is 8.43. The van der Waals surface area contributed by atoms with Crippen LogP contribution in [0.15, 0.2) is 16.9 Å². The molecule has 1 aliphatic rings. The molecule has 0 unspecified atom stereocenters. The van der Waals surface area contributed by atoms with Gasteiger partial charge in [0, 0.05) is 12.8 Å². The van der Waals surface area contributed by atoms with Crippen LogP contribution in [0.1, 0.15) is 12.8 Å². The SMILES string of the molecule is Brc1cnn(C[C@@H]2CCCO2)c1. The molecule has 1 saturated heterocycles. The molecule has 0 saturated carbocycles. The lowest BCUT2D eigenvalue weighted by molar-refractivity contribution is 0.0940. The summed E-state index contributed by atoms with van der Waals surface area (Å²) in [5, 5.41) is 4.17. The molecule has 0 aliphatic carbocycles. The summed E-state index contributed by atoms with van der Waals surface area (Å²) in [7, 11) is 0. The Hall–Kier alpha value is -0.350. The van der Waals surface area contributed by atoms with E-state index in [4.69, 9.17) is 4.74 Å². The molecule has 12 heavy (non-hydrogen) atoms. The second kappa shape index (κ2) is 3.58. The minimum atomic E-state index is 0.372. The van der Waals surface area contributed by atoms with Gasteiger partial charge < -0.3 is 4.74 Å². The smallest absolute Gasteiger partial charge is 0.0771 e. The molecular weight excluding hydrogens is 220 g/mol. The van der Waals surface area contributed by atoms with Crippen LogP contribution in [0.2, 0.25) is 0 Å². The van der Waals surface area contributed by atoms with Gasteiger partial charge in [-0.1, -0.05) is 0 Å². The predicted octanol–water partition coefficient (Wildman–Crippen LogP) is 1.82. The van der Waals surface area contributed by atoms with E-state index < -0.39 is 0 Å². The zero-order valence-corrected chi connectivity index (χ0v) is 8.33. The maximum atomic E-state index is 5.49. The van der Waals surface area contributed by atoms with Crippen LogP contribution < -0.4 is 0 Å². The van der Waals surface area contributed by atoms with E-state index in [2.05, 4.69) is 21.0 Å². The molecule has 0 spiro atoms. The highest BCUT2D eigenvalue weighted by Gasteiger charge is 2.15. The van der Waals surface area contributed by atoms with E-state index in [0.29, 0.717) is 6.10 Å². The molecule has 0 bridgehead atoms. The van der Waals surface area contributed by atoms with Gasteiger partial charge in [-0.15, -0.1) is 0 Å². The van der Waals surface area contributed by atoms with E-state index >= 15 is 0 Å². The van der Waals surface area contributed by atoms with Crippen LogP contribution in [0.4, 0.5) is 0 Å². The summed E-state index contributed by atoms with van der Waals surface area (Å²) in [4.78, 5) is 0. The first-order valence-electron chi connectivity index (χ1n) is 4.14. The lowest BCUT2D eigenvalue weighted by Crippen LogP contribution is -2.14. The van der Waals surface area contributed by atoms with Gasteiger partial charge in [-0.05, 0) is 28.8 Å². The van der Waals surface area contributed by atoms with Crippen molar-refractivity contribution >= 4 is 15.9 Å². The summed E-state index contributed by atoms with van der Waals surface area (Å²) in [5.41, 5.74) is 0. The van der Waals surface area contributed by atoms with Crippen molar-refractivity contribution in [3.05, 3.63) is 16.9 Å². The highest BCUT2D eigenvalue weighted by atomic mass is 79.9. The van der Waals surface area contributed by atoms with Crippen LogP contribution in [0, 0.1) is 0 Å². The van der Waals surface area contributed by atoms with Gasteiger partial charge in [-0.2, -0.15) is 5.10 Å². The van der Waals surface area contributed by atoms with Crippen LogP contribution >= 0.6 is 15.9 Å². The molecular formula is C8H11BrN2O. The first-order chi connectivity index (χ1) is 5.84. The third-order valence-electron chi connectivity index (χ3n) is 2.02. The van der Waals surface area contributed by atoms with E-state index in [1.54, 1.807) is 6.20 Å². The molecule has 2 rings (SSSR count). The Labute approximate surface area is 79.8 Å². The van der Waals surface area contributed by atoms with Crippen LogP contribution in [0.25, 0.3) is 0 Å². The Bertz CT molecular complexity index is 255. The first-order valence-corrected chi connectivity index (χ1v) is 4.93. The summed E-state index contributed by atoms with van der Waals surface area (Å²) in [6, 6.07) is 0. The molecule has 1 fully saturated rings. The van der Waals surface area contributed by atoms with Gasteiger partial charge in [-0.3, -0.25) is 4.68 Å². The van der Waals surface area contributed by atoms with Crippen molar-refractivity contribution in [1.82, 2.24) is 9.78 Å². The zero-order chi connectivity index (χ0) is 8.39. The largest absolute Gasteiger partial charge is 0.376 e. The molecule has 66 valence electrons. The minimum Gasteiger partial charge on any atom is -0.376 e. The molecule has 2 heterocycles. The van der Waals surface area contributed by atoms with Crippen LogP contribution in [0.5, 0.6) is 0 Å². The number of halogens is 1. The Balaban J connectivity index is 1.94. The Morgan fingerprint density at radius 2 is 2.67 bits per heavy atom. The van der Waals surface area contributed by atoms with E-state index in [1.807, 2.05) is 10.9 Å². The lowest BCUT2D eigenvalue weighted by Gasteiger charge is -2.08. The lowest BCUT2D eigenvalue weighted by atomic mass is 10.2. The van der Waals surface area contributed by atoms with Crippen molar-refractivity contribution in [3.63, 3.8) is 0 Å². The predicted molar refractivity (Wildman–Crippen MR) is 48.9 cm³/mol. The van der Waals surface area contributed by atoms with Gasteiger partial charge in [0.2, 0.25) is 0 Å². The van der Waals surface area contributed by atoms with Crippen LogP contribution in [-0.2, 0) is 11.3 Å². The Morgan fingerprint density at radius 3 is 3.25 bits per heavy atom. The van der Waals surface area contributed by atoms with Gasteiger partial charge in [0.1, 0.15) is 0 Å². The average Bonchev–Trinajstić information content (AvgIpc) is 2.63. The number of rotatable bonds is 2. The van der Waals surface area contributed by atoms with Gasteiger partial charge in [0.05, 0.1) is 23.3 Å². The molecule has 0 radical (unpaired) electrons. The zero-order valence-electron chi connectivity index (χ0n) is 6.74. The summed E-state index contributed by atoms with van der Waals surface area (Å²) in [6.07, 6.45) is 6.50. The normalized spacial score (nSPS) is 23.2. The number of nitrogens with zero attached hydrogens (tertiary/aromatic N) is 2. The van der Waals surface area contributed by atoms with Crippen LogP contribution in [-0.4, -0.2) is 22.5 Å². The fraction of sp³-hybridized carbons (Fsp3) is 0.625. The standard InChI is InChI=1S/C8H11BrN2O/c9-7-4-10-11(5-7)6-8-2-1-3-12-8/h4-5,8H,1-3,6H2/t8-/m0/s1. The Kier molecular flexibility index (Phi) is 2.46. The summed E-state index contributed by atoms with van der Waals surface area (Å²) in [5.74, 6) is 0. The quantitative estimate of drug-likeness (QED) is 0.776. The van der Waals surface area contributed by atoms with E-state index in [9.17, 15) is 0 Å². The Morgan fingerprint density at radius 1 is 1.75 bits per heavy atom. The van der Waals surface area contributed by atoms with Crippen molar-refractivity contribution in [3.8, 4) is 0 Å². The fourth-order valence-corrected chi connectivity index (χ4v) is 1.76. The number of aromatic nitrogens is 2. The third kappa shape index (κ3) is 1.87. The highest BCUT2D eigenvalue weighted by molar-refractivity contribution is 9.10. The highest BCUT2D eigenvalue weighted by Crippen LogP contribution is 2.14. The van der Waals surface area contributed by atoms with Gasteiger partial charge in [-0.25, -0.2) is 0 Å². The number of hydrogen-bond acceptors (Lipinski definition) is 2. The monoisotopic (exact) mass is 230 g/mol. The molecule has 1 atom stereocenters. The maximum absolute atomic E-state index is 5.49. The molecule has 1 aromatic heterocycles. The maximum Gasteiger partial charge on any atom is 0.0771 e. The second-order valence-electron chi connectivity index (χ2n) is 3.02. The van der Waals surface area contributed by atoms with Crippen molar-refractivity contribution in [2.75, 3.05) is 6.61 Å². The average molecular weight is 231 g/mol. The molecule has 0 aromatic carbocycles. The third-order valence-corrected chi connectivity index (χ3v) is 2.43. The fourth-order valence-electron chi connectivity index (χ4n) is 1.44. The number of hydrogen-bond donors (Lipinski definition) is 0. The molecule has 3 nitrogen and oxygen atoms in total. The summed E-state index contributed by atoms with van der Waals surface area (Å²) >= 11 is 3.36. The molecule has 0 N–H and O–H groups in total.